The summed E-state index contributed by atoms with van der Waals surface area (Å²) in [5, 5.41) is 18.8. The molecule has 8 nitrogen and oxygen atoms in total. The number of hydrogen-bond acceptors (Lipinski definition) is 4. The Kier molecular flexibility index (Phi) is 5.72. The number of carbonyl (C=O) groups excluding carboxylic acids is 2. The molecule has 29 heavy (non-hydrogen) atoms. The number of carboxylic acids is 1. The minimum Gasteiger partial charge on any atom is -0.481 e. The third-order valence-corrected chi connectivity index (χ3v) is 5.14. The number of nitrogens with one attached hydrogen (secondary N) is 2. The van der Waals surface area contributed by atoms with Crippen LogP contribution in [-0.4, -0.2) is 51.1 Å². The summed E-state index contributed by atoms with van der Waals surface area (Å²) in [6, 6.07) is 8.39. The molecule has 0 bridgehead atoms. The summed E-state index contributed by atoms with van der Waals surface area (Å²) in [5.41, 5.74) is 2.11. The van der Waals surface area contributed by atoms with Crippen LogP contribution in [0.15, 0.2) is 30.3 Å². The summed E-state index contributed by atoms with van der Waals surface area (Å²) in [4.78, 5) is 37.7. The molecule has 1 aliphatic rings. The number of H-pyrrole nitrogens is 1. The third-order valence-electron chi connectivity index (χ3n) is 5.14. The van der Waals surface area contributed by atoms with Gasteiger partial charge in [0.05, 0.1) is 5.92 Å². The van der Waals surface area contributed by atoms with Crippen molar-refractivity contribution in [1.82, 2.24) is 15.1 Å². The summed E-state index contributed by atoms with van der Waals surface area (Å²) in [5.74, 6) is -1.64. The van der Waals surface area contributed by atoms with Crippen molar-refractivity contribution in [3.05, 3.63) is 47.3 Å². The fraction of sp³-hybridized carbons (Fsp3) is 0.429. The molecule has 0 unspecified atom stereocenters. The van der Waals surface area contributed by atoms with E-state index in [0.29, 0.717) is 42.9 Å². The lowest BCUT2D eigenvalue weighted by molar-refractivity contribution is -0.143. The normalized spacial score (nSPS) is 15.2. The Labute approximate surface area is 169 Å². The number of amides is 2. The van der Waals surface area contributed by atoms with Gasteiger partial charge in [-0.25, -0.2) is 0 Å². The van der Waals surface area contributed by atoms with Gasteiger partial charge in [0.2, 0.25) is 0 Å². The number of aromatic amines is 1. The van der Waals surface area contributed by atoms with Crippen LogP contribution in [-0.2, 0) is 10.2 Å². The molecule has 0 atom stereocenters. The van der Waals surface area contributed by atoms with Crippen LogP contribution in [0.4, 0.5) is 5.69 Å². The van der Waals surface area contributed by atoms with E-state index in [1.165, 1.54) is 0 Å². The van der Waals surface area contributed by atoms with Crippen molar-refractivity contribution >= 4 is 23.5 Å². The highest BCUT2D eigenvalue weighted by molar-refractivity contribution is 6.03. The maximum Gasteiger partial charge on any atom is 0.306 e. The van der Waals surface area contributed by atoms with Gasteiger partial charge < -0.3 is 15.3 Å². The van der Waals surface area contributed by atoms with Gasteiger partial charge in [0.15, 0.2) is 5.69 Å². The second kappa shape index (κ2) is 8.06. The molecular formula is C21H26N4O4. The van der Waals surface area contributed by atoms with Crippen molar-refractivity contribution < 1.29 is 19.5 Å². The number of aliphatic carboxylic acids is 1. The van der Waals surface area contributed by atoms with Gasteiger partial charge in [-0.15, -0.1) is 0 Å². The average Bonchev–Trinajstić information content (AvgIpc) is 3.19. The van der Waals surface area contributed by atoms with E-state index in [-0.39, 0.29) is 23.1 Å². The second-order valence-corrected chi connectivity index (χ2v) is 8.35. The lowest BCUT2D eigenvalue weighted by atomic mass is 9.92. The van der Waals surface area contributed by atoms with Gasteiger partial charge in [-0.05, 0) is 43.2 Å². The number of likely N-dealkylation sites (tertiary alicyclic amines) is 1. The van der Waals surface area contributed by atoms with Gasteiger partial charge in [0, 0.05) is 35.4 Å². The molecule has 1 aliphatic heterocycles. The van der Waals surface area contributed by atoms with Crippen LogP contribution in [0.5, 0.6) is 0 Å². The molecule has 1 fully saturated rings. The zero-order chi connectivity index (χ0) is 21.2. The monoisotopic (exact) mass is 398 g/mol. The highest BCUT2D eigenvalue weighted by Gasteiger charge is 2.27. The van der Waals surface area contributed by atoms with Crippen molar-refractivity contribution in [2.75, 3.05) is 18.4 Å². The molecule has 8 heteroatoms. The van der Waals surface area contributed by atoms with E-state index in [2.05, 4.69) is 15.5 Å². The Bertz CT molecular complexity index is 904. The maximum absolute atomic E-state index is 12.6. The highest BCUT2D eigenvalue weighted by atomic mass is 16.4. The van der Waals surface area contributed by atoms with Crippen LogP contribution in [0.1, 0.15) is 60.2 Å². The van der Waals surface area contributed by atoms with Crippen LogP contribution in [0, 0.1) is 5.92 Å². The van der Waals surface area contributed by atoms with Crippen molar-refractivity contribution in [3.8, 4) is 0 Å². The van der Waals surface area contributed by atoms with Crippen LogP contribution < -0.4 is 5.32 Å². The van der Waals surface area contributed by atoms with E-state index in [0.717, 1.165) is 5.69 Å². The zero-order valence-corrected chi connectivity index (χ0v) is 16.9. The molecule has 0 aliphatic carbocycles. The summed E-state index contributed by atoms with van der Waals surface area (Å²) in [6.45, 7) is 6.96. The molecule has 3 rings (SSSR count). The van der Waals surface area contributed by atoms with Crippen LogP contribution in [0.3, 0.4) is 0 Å². The van der Waals surface area contributed by atoms with Crippen molar-refractivity contribution in [2.24, 2.45) is 5.92 Å². The molecule has 3 N–H and O–H groups in total. The zero-order valence-electron chi connectivity index (χ0n) is 16.9. The molecule has 2 aromatic rings. The van der Waals surface area contributed by atoms with Gasteiger partial charge in [-0.1, -0.05) is 20.8 Å². The predicted octanol–water partition coefficient (Wildman–Crippen LogP) is 2.90. The number of rotatable bonds is 4. The average molecular weight is 398 g/mol. The van der Waals surface area contributed by atoms with Crippen molar-refractivity contribution in [3.63, 3.8) is 0 Å². The number of benzene rings is 1. The molecule has 2 amide bonds. The van der Waals surface area contributed by atoms with E-state index in [4.69, 9.17) is 5.11 Å². The van der Waals surface area contributed by atoms with Gasteiger partial charge in [0.25, 0.3) is 11.8 Å². The Hall–Kier alpha value is -3.16. The maximum atomic E-state index is 12.6. The van der Waals surface area contributed by atoms with E-state index in [1.54, 1.807) is 35.2 Å². The first-order chi connectivity index (χ1) is 13.6. The predicted molar refractivity (Wildman–Crippen MR) is 108 cm³/mol. The Morgan fingerprint density at radius 1 is 1.14 bits per heavy atom. The minimum absolute atomic E-state index is 0.131. The summed E-state index contributed by atoms with van der Waals surface area (Å²) >= 11 is 0. The summed E-state index contributed by atoms with van der Waals surface area (Å²) in [6.07, 6.45) is 0.935. The largest absolute Gasteiger partial charge is 0.481 e. The molecule has 154 valence electrons. The molecule has 2 heterocycles. The first kappa shape index (κ1) is 20.6. The van der Waals surface area contributed by atoms with Crippen LogP contribution >= 0.6 is 0 Å². The van der Waals surface area contributed by atoms with Crippen LogP contribution in [0.2, 0.25) is 0 Å². The van der Waals surface area contributed by atoms with Gasteiger partial charge in [0.1, 0.15) is 0 Å². The SMILES string of the molecule is CC(C)(C)c1cc(C(=O)Nc2ccc(C(=O)N3CCC(C(=O)O)CC3)cc2)n[nH]1. The standard InChI is InChI=1S/C21H26N4O4/c1-21(2,3)17-12-16(23-24-17)18(26)22-15-6-4-13(5-7-15)19(27)25-10-8-14(9-11-25)20(28)29/h4-7,12,14H,8-11H2,1-3H3,(H,22,26)(H,23,24)(H,28,29). The number of anilines is 1. The molecule has 1 saturated heterocycles. The van der Waals surface area contributed by atoms with Gasteiger partial charge >= 0.3 is 5.97 Å². The quantitative estimate of drug-likeness (QED) is 0.732. The molecular weight excluding hydrogens is 372 g/mol. The first-order valence-corrected chi connectivity index (χ1v) is 9.64. The molecule has 1 aromatic heterocycles. The van der Waals surface area contributed by atoms with E-state index >= 15 is 0 Å². The molecule has 0 spiro atoms. The van der Waals surface area contributed by atoms with E-state index < -0.39 is 5.97 Å². The number of carbonyl (C=O) groups is 3. The summed E-state index contributed by atoms with van der Waals surface area (Å²) in [7, 11) is 0. The molecule has 1 aromatic carbocycles. The van der Waals surface area contributed by atoms with E-state index in [1.807, 2.05) is 20.8 Å². The lowest BCUT2D eigenvalue weighted by Crippen LogP contribution is -2.40. The van der Waals surface area contributed by atoms with E-state index in [9.17, 15) is 14.4 Å². The number of piperidine rings is 1. The van der Waals surface area contributed by atoms with Crippen molar-refractivity contribution in [2.45, 2.75) is 39.0 Å². The lowest BCUT2D eigenvalue weighted by Gasteiger charge is -2.30. The molecule has 0 saturated carbocycles. The Balaban J connectivity index is 1.60. The first-order valence-electron chi connectivity index (χ1n) is 9.64. The topological polar surface area (TPSA) is 115 Å². The third kappa shape index (κ3) is 4.82. The number of aromatic nitrogens is 2. The number of carboxylic acid groups (broad SMARTS) is 1. The summed E-state index contributed by atoms with van der Waals surface area (Å²) < 4.78 is 0. The Morgan fingerprint density at radius 3 is 2.28 bits per heavy atom. The molecule has 0 radical (unpaired) electrons. The number of hydrogen-bond donors (Lipinski definition) is 3. The second-order valence-electron chi connectivity index (χ2n) is 8.35. The minimum atomic E-state index is -0.802. The van der Waals surface area contributed by atoms with Gasteiger partial charge in [-0.2, -0.15) is 5.10 Å². The van der Waals surface area contributed by atoms with Crippen molar-refractivity contribution in [1.29, 1.82) is 0 Å². The Morgan fingerprint density at radius 2 is 1.76 bits per heavy atom. The smallest absolute Gasteiger partial charge is 0.306 e. The number of nitrogens with zero attached hydrogens (tertiary/aromatic N) is 2. The fourth-order valence-electron chi connectivity index (χ4n) is 3.23. The fourth-order valence-corrected chi connectivity index (χ4v) is 3.23. The van der Waals surface area contributed by atoms with Crippen LogP contribution in [0.25, 0.3) is 0 Å². The van der Waals surface area contributed by atoms with Gasteiger partial charge in [-0.3, -0.25) is 19.5 Å². The highest BCUT2D eigenvalue weighted by Crippen LogP contribution is 2.22.